The fourth-order valence-corrected chi connectivity index (χ4v) is 1.36. The van der Waals surface area contributed by atoms with E-state index in [9.17, 15) is 0 Å². The van der Waals surface area contributed by atoms with Crippen molar-refractivity contribution in [1.29, 1.82) is 0 Å². The predicted molar refractivity (Wildman–Crippen MR) is 55.0 cm³/mol. The van der Waals surface area contributed by atoms with E-state index in [1.54, 1.807) is 18.5 Å². The lowest BCUT2D eigenvalue weighted by Crippen LogP contribution is -2.14. The van der Waals surface area contributed by atoms with E-state index in [-0.39, 0.29) is 6.04 Å². The van der Waals surface area contributed by atoms with E-state index in [1.807, 2.05) is 0 Å². The molecule has 1 unspecified atom stereocenters. The van der Waals surface area contributed by atoms with Gasteiger partial charge in [-0.3, -0.25) is 4.98 Å². The van der Waals surface area contributed by atoms with Gasteiger partial charge in [0.05, 0.1) is 0 Å². The SMILES string of the molecule is CC(C)CC(N)c1cnccc1N. The molecule has 0 aliphatic carbocycles. The first-order chi connectivity index (χ1) is 6.11. The van der Waals surface area contributed by atoms with Gasteiger partial charge in [0.2, 0.25) is 0 Å². The molecule has 4 N–H and O–H groups in total. The third kappa shape index (κ3) is 2.70. The van der Waals surface area contributed by atoms with E-state index in [4.69, 9.17) is 11.5 Å². The van der Waals surface area contributed by atoms with Gasteiger partial charge in [0.1, 0.15) is 0 Å². The zero-order valence-electron chi connectivity index (χ0n) is 8.20. The van der Waals surface area contributed by atoms with Crippen LogP contribution in [-0.2, 0) is 0 Å². The number of nitrogens with zero attached hydrogens (tertiary/aromatic N) is 1. The molecule has 0 saturated carbocycles. The maximum absolute atomic E-state index is 5.98. The molecule has 0 amide bonds. The van der Waals surface area contributed by atoms with Crippen LogP contribution in [-0.4, -0.2) is 4.98 Å². The number of hydrogen-bond donors (Lipinski definition) is 2. The number of hydrogen-bond acceptors (Lipinski definition) is 3. The normalized spacial score (nSPS) is 13.2. The summed E-state index contributed by atoms with van der Waals surface area (Å²) >= 11 is 0. The van der Waals surface area contributed by atoms with Gasteiger partial charge in [-0.1, -0.05) is 13.8 Å². The number of aromatic nitrogens is 1. The summed E-state index contributed by atoms with van der Waals surface area (Å²) in [5.41, 5.74) is 13.4. The monoisotopic (exact) mass is 179 g/mol. The highest BCUT2D eigenvalue weighted by Crippen LogP contribution is 2.22. The van der Waals surface area contributed by atoms with Crippen LogP contribution in [0.3, 0.4) is 0 Å². The third-order valence-corrected chi connectivity index (χ3v) is 2.01. The van der Waals surface area contributed by atoms with Crippen LogP contribution in [0.15, 0.2) is 18.5 Å². The smallest absolute Gasteiger partial charge is 0.0393 e. The van der Waals surface area contributed by atoms with Crippen LogP contribution in [0.5, 0.6) is 0 Å². The van der Waals surface area contributed by atoms with E-state index in [0.29, 0.717) is 5.92 Å². The minimum Gasteiger partial charge on any atom is -0.398 e. The number of nitrogen functional groups attached to an aromatic ring is 1. The van der Waals surface area contributed by atoms with Crippen LogP contribution in [0, 0.1) is 5.92 Å². The fourth-order valence-electron chi connectivity index (χ4n) is 1.36. The van der Waals surface area contributed by atoms with E-state index >= 15 is 0 Å². The van der Waals surface area contributed by atoms with Crippen molar-refractivity contribution < 1.29 is 0 Å². The molecule has 0 aliphatic heterocycles. The van der Waals surface area contributed by atoms with Gasteiger partial charge >= 0.3 is 0 Å². The van der Waals surface area contributed by atoms with Gasteiger partial charge in [0.15, 0.2) is 0 Å². The Hall–Kier alpha value is -1.09. The molecule has 0 aromatic carbocycles. The van der Waals surface area contributed by atoms with Crippen molar-refractivity contribution in [2.75, 3.05) is 5.73 Å². The zero-order valence-corrected chi connectivity index (χ0v) is 8.20. The summed E-state index contributed by atoms with van der Waals surface area (Å²) in [6.07, 6.45) is 4.37. The highest BCUT2D eigenvalue weighted by atomic mass is 14.7. The molecule has 3 nitrogen and oxygen atoms in total. The summed E-state index contributed by atoms with van der Waals surface area (Å²) in [7, 11) is 0. The average molecular weight is 179 g/mol. The van der Waals surface area contributed by atoms with Crippen LogP contribution < -0.4 is 11.5 Å². The second-order valence-electron chi connectivity index (χ2n) is 3.74. The van der Waals surface area contributed by atoms with Gasteiger partial charge in [-0.05, 0) is 18.4 Å². The topological polar surface area (TPSA) is 64.9 Å². The molecule has 0 radical (unpaired) electrons. The second kappa shape index (κ2) is 4.23. The Morgan fingerprint density at radius 2 is 2.15 bits per heavy atom. The van der Waals surface area contributed by atoms with Crippen molar-refractivity contribution in [3.63, 3.8) is 0 Å². The minimum atomic E-state index is 0.00806. The van der Waals surface area contributed by atoms with Crippen LogP contribution in [0.1, 0.15) is 31.9 Å². The largest absolute Gasteiger partial charge is 0.398 e. The van der Waals surface area contributed by atoms with Crippen molar-refractivity contribution in [3.05, 3.63) is 24.0 Å². The van der Waals surface area contributed by atoms with Gasteiger partial charge in [0.25, 0.3) is 0 Å². The second-order valence-corrected chi connectivity index (χ2v) is 3.74. The van der Waals surface area contributed by atoms with Gasteiger partial charge in [-0.2, -0.15) is 0 Å². The van der Waals surface area contributed by atoms with Crippen LogP contribution >= 0.6 is 0 Å². The highest BCUT2D eigenvalue weighted by Gasteiger charge is 2.10. The van der Waals surface area contributed by atoms with Crippen molar-refractivity contribution in [3.8, 4) is 0 Å². The quantitative estimate of drug-likeness (QED) is 0.742. The van der Waals surface area contributed by atoms with Crippen LogP contribution in [0.25, 0.3) is 0 Å². The molecule has 0 aliphatic rings. The zero-order chi connectivity index (χ0) is 9.84. The first kappa shape index (κ1) is 9.99. The Balaban J connectivity index is 2.76. The third-order valence-electron chi connectivity index (χ3n) is 2.01. The maximum Gasteiger partial charge on any atom is 0.0393 e. The Morgan fingerprint density at radius 1 is 1.46 bits per heavy atom. The lowest BCUT2D eigenvalue weighted by Gasteiger charge is -2.15. The molecule has 1 aromatic rings. The van der Waals surface area contributed by atoms with Crippen molar-refractivity contribution in [1.82, 2.24) is 4.98 Å². The van der Waals surface area contributed by atoms with E-state index in [1.165, 1.54) is 0 Å². The molecular weight excluding hydrogens is 162 g/mol. The highest BCUT2D eigenvalue weighted by molar-refractivity contribution is 5.45. The van der Waals surface area contributed by atoms with Gasteiger partial charge in [0, 0.05) is 29.7 Å². The molecule has 1 heterocycles. The van der Waals surface area contributed by atoms with Crippen molar-refractivity contribution in [2.24, 2.45) is 11.7 Å². The number of pyridine rings is 1. The van der Waals surface area contributed by atoms with Gasteiger partial charge < -0.3 is 11.5 Å². The van der Waals surface area contributed by atoms with Crippen molar-refractivity contribution in [2.45, 2.75) is 26.3 Å². The van der Waals surface area contributed by atoms with E-state index in [2.05, 4.69) is 18.8 Å². The first-order valence-corrected chi connectivity index (χ1v) is 4.56. The summed E-state index contributed by atoms with van der Waals surface area (Å²) in [6.45, 7) is 4.29. The molecule has 3 heteroatoms. The number of anilines is 1. The molecule has 13 heavy (non-hydrogen) atoms. The van der Waals surface area contributed by atoms with E-state index < -0.39 is 0 Å². The standard InChI is InChI=1S/C10H17N3/c1-7(2)5-10(12)8-6-13-4-3-9(8)11/h3-4,6-7,10H,5,12H2,1-2H3,(H2,11,13). The maximum atomic E-state index is 5.98. The Kier molecular flexibility index (Phi) is 3.25. The molecule has 0 saturated heterocycles. The summed E-state index contributed by atoms with van der Waals surface area (Å²) in [6, 6.07) is 1.80. The summed E-state index contributed by atoms with van der Waals surface area (Å²) in [4.78, 5) is 4.01. The Labute approximate surface area is 79.2 Å². The van der Waals surface area contributed by atoms with Gasteiger partial charge in [-0.15, -0.1) is 0 Å². The molecule has 1 aromatic heterocycles. The first-order valence-electron chi connectivity index (χ1n) is 4.56. The summed E-state index contributed by atoms with van der Waals surface area (Å²) in [5.74, 6) is 0.578. The van der Waals surface area contributed by atoms with Gasteiger partial charge in [-0.25, -0.2) is 0 Å². The Bertz CT molecular complexity index is 271. The van der Waals surface area contributed by atoms with Crippen LogP contribution in [0.4, 0.5) is 5.69 Å². The predicted octanol–water partition coefficient (Wildman–Crippen LogP) is 1.71. The average Bonchev–Trinajstić information content (AvgIpc) is 2.03. The number of nitrogens with two attached hydrogens (primary N) is 2. The number of rotatable bonds is 3. The summed E-state index contributed by atoms with van der Waals surface area (Å²) < 4.78 is 0. The lowest BCUT2D eigenvalue weighted by atomic mass is 9.98. The molecule has 72 valence electrons. The van der Waals surface area contributed by atoms with Crippen LogP contribution in [0.2, 0.25) is 0 Å². The molecule has 0 spiro atoms. The molecule has 1 atom stereocenters. The molecule has 1 rings (SSSR count). The molecule has 0 fully saturated rings. The Morgan fingerprint density at radius 3 is 2.69 bits per heavy atom. The van der Waals surface area contributed by atoms with E-state index in [0.717, 1.165) is 17.7 Å². The lowest BCUT2D eigenvalue weighted by molar-refractivity contribution is 0.510. The minimum absolute atomic E-state index is 0.00806. The molecule has 0 bridgehead atoms. The molecular formula is C10H17N3. The van der Waals surface area contributed by atoms with Crippen molar-refractivity contribution >= 4 is 5.69 Å². The fraction of sp³-hybridized carbons (Fsp3) is 0.500. The summed E-state index contributed by atoms with van der Waals surface area (Å²) in [5, 5.41) is 0.